The summed E-state index contributed by atoms with van der Waals surface area (Å²) in [7, 11) is 0. The summed E-state index contributed by atoms with van der Waals surface area (Å²) in [4.78, 5) is 11.3. The van der Waals surface area contributed by atoms with Crippen molar-refractivity contribution in [1.29, 1.82) is 0 Å². The third-order valence-corrected chi connectivity index (χ3v) is 13.9. The van der Waals surface area contributed by atoms with Crippen molar-refractivity contribution in [1.82, 2.24) is 28.2 Å². The Balaban J connectivity index is 1.17. The van der Waals surface area contributed by atoms with E-state index in [1.54, 1.807) is 6.07 Å². The van der Waals surface area contributed by atoms with Crippen LogP contribution in [0.4, 0.5) is 0 Å². The molecule has 5 heterocycles. The minimum absolute atomic E-state index is 0.0473. The summed E-state index contributed by atoms with van der Waals surface area (Å²) in [5.74, 6) is 0.767. The van der Waals surface area contributed by atoms with Crippen LogP contribution in [-0.2, 0) is 0 Å². The van der Waals surface area contributed by atoms with Gasteiger partial charge in [-0.05, 0) is 66.2 Å². The van der Waals surface area contributed by atoms with Gasteiger partial charge in [0.05, 0.1) is 66.4 Å². The van der Waals surface area contributed by atoms with E-state index >= 15 is 0 Å². The van der Waals surface area contributed by atoms with E-state index in [1.807, 2.05) is 78.9 Å². The van der Waals surface area contributed by atoms with Gasteiger partial charge in [-0.2, -0.15) is 0 Å². The highest BCUT2D eigenvalue weighted by molar-refractivity contribution is 6.16. The second-order valence-electron chi connectivity index (χ2n) is 17.5. The van der Waals surface area contributed by atoms with Gasteiger partial charge in [-0.3, -0.25) is 9.13 Å². The molecular weight excluding hydrogens is 853 g/mol. The molecule has 70 heavy (non-hydrogen) atoms. The molecule has 0 radical (unpaired) electrons. The first-order valence-electron chi connectivity index (χ1n) is 27.2. The zero-order chi connectivity index (χ0) is 52.8. The Morgan fingerprint density at radius 1 is 0.314 bits per heavy atom. The van der Waals surface area contributed by atoms with Crippen LogP contribution in [0.2, 0.25) is 0 Å². The molecule has 0 aliphatic carbocycles. The highest BCUT2D eigenvalue weighted by Gasteiger charge is 2.26. The molecular formula is C64H40N6. The Morgan fingerprint density at radius 2 is 0.729 bits per heavy atom. The third kappa shape index (κ3) is 5.50. The lowest BCUT2D eigenvalue weighted by Gasteiger charge is -2.20. The molecule has 0 N–H and O–H groups in total. The summed E-state index contributed by atoms with van der Waals surface area (Å²) >= 11 is 0. The summed E-state index contributed by atoms with van der Waals surface area (Å²) in [5.41, 5.74) is 9.50. The normalized spacial score (nSPS) is 13.6. The molecule has 15 rings (SSSR count). The topological polar surface area (TPSA) is 45.5 Å². The van der Waals surface area contributed by atoms with Crippen molar-refractivity contribution < 1.29 is 11.0 Å². The van der Waals surface area contributed by atoms with Crippen LogP contribution in [0.5, 0.6) is 0 Å². The highest BCUT2D eigenvalue weighted by Crippen LogP contribution is 2.45. The molecule has 0 atom stereocenters. The number of rotatable bonds is 6. The Labute approximate surface area is 413 Å². The van der Waals surface area contributed by atoms with Crippen molar-refractivity contribution in [3.05, 3.63) is 242 Å². The summed E-state index contributed by atoms with van der Waals surface area (Å²) in [6.45, 7) is 0. The van der Waals surface area contributed by atoms with Gasteiger partial charge in [0.1, 0.15) is 11.6 Å². The molecule has 6 nitrogen and oxygen atoms in total. The van der Waals surface area contributed by atoms with E-state index in [4.69, 9.17) is 15.5 Å². The molecule has 6 heteroatoms. The van der Waals surface area contributed by atoms with Crippen molar-refractivity contribution in [3.8, 4) is 45.5 Å². The van der Waals surface area contributed by atoms with Gasteiger partial charge in [0, 0.05) is 60.4 Å². The fourth-order valence-electron chi connectivity index (χ4n) is 11.0. The van der Waals surface area contributed by atoms with Crippen LogP contribution in [-0.4, -0.2) is 28.2 Å². The highest BCUT2D eigenvalue weighted by atomic mass is 15.2. The van der Waals surface area contributed by atoms with E-state index in [2.05, 4.69) is 123 Å². The monoisotopic (exact) mass is 900 g/mol. The van der Waals surface area contributed by atoms with Crippen LogP contribution >= 0.6 is 0 Å². The lowest BCUT2D eigenvalue weighted by molar-refractivity contribution is 0.991. The van der Waals surface area contributed by atoms with Gasteiger partial charge in [0.25, 0.3) is 0 Å². The van der Waals surface area contributed by atoms with Crippen LogP contribution in [0.25, 0.3) is 133 Å². The molecule has 0 spiro atoms. The largest absolute Gasteiger partial charge is 0.309 e. The van der Waals surface area contributed by atoms with E-state index in [0.717, 1.165) is 87.9 Å². The van der Waals surface area contributed by atoms with Crippen molar-refractivity contribution in [3.63, 3.8) is 0 Å². The molecule has 0 amide bonds. The van der Waals surface area contributed by atoms with Gasteiger partial charge in [0.2, 0.25) is 0 Å². The second-order valence-corrected chi connectivity index (χ2v) is 17.5. The van der Waals surface area contributed by atoms with Crippen molar-refractivity contribution in [2.24, 2.45) is 0 Å². The minimum Gasteiger partial charge on any atom is -0.309 e. The fourth-order valence-corrected chi connectivity index (χ4v) is 11.0. The maximum atomic E-state index is 9.58. The number of nitrogens with zero attached hydrogens (tertiary/aromatic N) is 6. The Kier molecular flexibility index (Phi) is 6.74. The molecule has 10 aromatic carbocycles. The molecule has 0 saturated heterocycles. The van der Waals surface area contributed by atoms with Gasteiger partial charge < -0.3 is 9.13 Å². The van der Waals surface area contributed by atoms with Crippen molar-refractivity contribution in [2.45, 2.75) is 0 Å². The van der Waals surface area contributed by atoms with E-state index in [9.17, 15) is 5.48 Å². The Bertz CT molecular complexity index is 4910. The maximum Gasteiger partial charge on any atom is 0.166 e. The number of hydrogen-bond donors (Lipinski definition) is 0. The molecule has 5 aromatic heterocycles. The summed E-state index contributed by atoms with van der Waals surface area (Å²) < 4.78 is 81.7. The number of para-hydroxylation sites is 9. The fraction of sp³-hybridized carbons (Fsp3) is 0. The van der Waals surface area contributed by atoms with Crippen LogP contribution in [0, 0.1) is 0 Å². The number of aromatic nitrogens is 6. The predicted molar refractivity (Wildman–Crippen MR) is 290 cm³/mol. The lowest BCUT2D eigenvalue weighted by atomic mass is 9.95. The van der Waals surface area contributed by atoms with E-state index in [0.29, 0.717) is 11.4 Å². The van der Waals surface area contributed by atoms with E-state index < -0.39 is 48.3 Å². The molecule has 0 bridgehead atoms. The van der Waals surface area contributed by atoms with Gasteiger partial charge in [-0.15, -0.1) is 0 Å². The number of benzene rings is 10. The lowest BCUT2D eigenvalue weighted by Crippen LogP contribution is -2.08. The molecule has 15 aromatic rings. The first-order chi connectivity index (χ1) is 38.1. The average Bonchev–Trinajstić information content (AvgIpc) is 4.35. The summed E-state index contributed by atoms with van der Waals surface area (Å²) in [6.07, 6.45) is 0. The number of hydrogen-bond acceptors (Lipinski definition) is 2. The van der Waals surface area contributed by atoms with Crippen molar-refractivity contribution in [2.75, 3.05) is 0 Å². The molecule has 326 valence electrons. The van der Waals surface area contributed by atoms with Gasteiger partial charge >= 0.3 is 0 Å². The number of fused-ring (bicyclic) bond motifs is 12. The molecule has 0 aliphatic rings. The van der Waals surface area contributed by atoms with E-state index in [1.165, 1.54) is 4.57 Å². The predicted octanol–water partition coefficient (Wildman–Crippen LogP) is 16.2. The molecule has 0 saturated carbocycles. The van der Waals surface area contributed by atoms with Crippen molar-refractivity contribution >= 4 is 87.2 Å². The SMILES string of the molecule is [2H]c1c([2H])c([2H])c2c(c1[2H])c1c([2H])c([2H])c([2H])c([2H])c1n2-c1cc(-n2c3ccccc3c3ccccc32)nc(-c2c(-c3cccc4c5ccccc5n(-c5ccccc5)c34)cccc2-n2c3ccccc3c3ccccc32)n1. The van der Waals surface area contributed by atoms with Gasteiger partial charge in [-0.25, -0.2) is 9.97 Å². The average molecular weight is 901 g/mol. The third-order valence-electron chi connectivity index (χ3n) is 13.9. The quantitative estimate of drug-likeness (QED) is 0.167. The van der Waals surface area contributed by atoms with Crippen LogP contribution in [0.3, 0.4) is 0 Å². The first-order valence-corrected chi connectivity index (χ1v) is 23.2. The Hall–Kier alpha value is -9.52. The standard InChI is InChI=1S/C64H40N6/c1-2-20-41(21-3-1)67-52-32-11-10-28-48(52)50-30-18-31-51(63(50)67)49-29-19-39-59(68-53-33-12-4-22-42(53)43-23-5-13-34-54(43)68)62(49)64-65-60(69-55-35-14-6-24-44(55)45-25-7-15-36-56(45)69)40-61(66-64)70-57-37-16-8-26-46(57)47-27-9-17-38-58(47)70/h1-40H/i6D,7D,14D,15D,24D,25D,35D,36D. The minimum atomic E-state index is -0.528. The summed E-state index contributed by atoms with van der Waals surface area (Å²) in [5, 5.41) is 6.06. The second kappa shape index (κ2) is 15.0. The van der Waals surface area contributed by atoms with Crippen LogP contribution in [0.1, 0.15) is 11.0 Å². The van der Waals surface area contributed by atoms with Crippen LogP contribution in [0.15, 0.2) is 242 Å². The smallest absolute Gasteiger partial charge is 0.166 e. The zero-order valence-electron chi connectivity index (χ0n) is 45.2. The summed E-state index contributed by atoms with van der Waals surface area (Å²) in [6, 6.07) is 62.0. The Morgan fingerprint density at radius 3 is 1.29 bits per heavy atom. The maximum absolute atomic E-state index is 9.58. The molecule has 0 unspecified atom stereocenters. The van der Waals surface area contributed by atoms with E-state index in [-0.39, 0.29) is 33.4 Å². The molecule has 0 fully saturated rings. The van der Waals surface area contributed by atoms with Gasteiger partial charge in [-0.1, -0.05) is 176 Å². The molecule has 0 aliphatic heterocycles. The van der Waals surface area contributed by atoms with Crippen LogP contribution < -0.4 is 0 Å². The zero-order valence-corrected chi connectivity index (χ0v) is 37.2. The first kappa shape index (κ1) is 31.5. The van der Waals surface area contributed by atoms with Gasteiger partial charge in [0.15, 0.2) is 5.82 Å².